The van der Waals surface area contributed by atoms with E-state index in [9.17, 15) is 0 Å². The lowest BCUT2D eigenvalue weighted by atomic mass is 10.1. The molecule has 0 saturated carbocycles. The van der Waals surface area contributed by atoms with Gasteiger partial charge in [0.1, 0.15) is 11.6 Å². The van der Waals surface area contributed by atoms with Crippen molar-refractivity contribution in [3.63, 3.8) is 0 Å². The van der Waals surface area contributed by atoms with Crippen LogP contribution in [0.5, 0.6) is 5.75 Å². The largest absolute Gasteiger partial charge is 0.493 e. The zero-order chi connectivity index (χ0) is 24.2. The van der Waals surface area contributed by atoms with Gasteiger partial charge in [-0.25, -0.2) is 4.98 Å². The number of fused-ring (bicyclic) bond motifs is 1. The molecule has 2 aliphatic rings. The zero-order valence-electron chi connectivity index (χ0n) is 20.1. The van der Waals surface area contributed by atoms with Crippen LogP contribution in [-0.2, 0) is 17.6 Å². The summed E-state index contributed by atoms with van der Waals surface area (Å²) < 4.78 is 11.7. The van der Waals surface area contributed by atoms with Gasteiger partial charge in [-0.05, 0) is 42.8 Å². The topological polar surface area (TPSA) is 76.5 Å². The molecule has 8 nitrogen and oxygen atoms in total. The van der Waals surface area contributed by atoms with Gasteiger partial charge in [-0.3, -0.25) is 9.97 Å². The SMILES string of the molecule is c1ccc(CCOc2cccc(-c3nc(N4CCOCC4)nc4c3CCN4c3ccncc3)c2)nc1. The Labute approximate surface area is 210 Å². The van der Waals surface area contributed by atoms with Crippen LogP contribution in [0, 0.1) is 0 Å². The summed E-state index contributed by atoms with van der Waals surface area (Å²) in [6, 6.07) is 18.2. The third-order valence-corrected chi connectivity index (χ3v) is 6.54. The Balaban J connectivity index is 1.33. The number of benzene rings is 1. The van der Waals surface area contributed by atoms with Crippen molar-refractivity contribution in [1.82, 2.24) is 19.9 Å². The van der Waals surface area contributed by atoms with Gasteiger partial charge in [-0.1, -0.05) is 18.2 Å². The molecule has 0 amide bonds. The summed E-state index contributed by atoms with van der Waals surface area (Å²) in [7, 11) is 0. The first kappa shape index (κ1) is 22.4. The minimum atomic E-state index is 0.567. The number of hydrogen-bond acceptors (Lipinski definition) is 8. The van der Waals surface area contributed by atoms with E-state index in [1.54, 1.807) is 0 Å². The summed E-state index contributed by atoms with van der Waals surface area (Å²) in [6.45, 7) is 4.35. The minimum Gasteiger partial charge on any atom is -0.493 e. The molecule has 0 unspecified atom stereocenters. The molecule has 0 radical (unpaired) electrons. The van der Waals surface area contributed by atoms with Gasteiger partial charge < -0.3 is 19.3 Å². The highest BCUT2D eigenvalue weighted by molar-refractivity contribution is 5.77. The van der Waals surface area contributed by atoms with Crippen molar-refractivity contribution in [1.29, 1.82) is 0 Å². The van der Waals surface area contributed by atoms with Crippen LogP contribution in [0.25, 0.3) is 11.3 Å². The van der Waals surface area contributed by atoms with Crippen molar-refractivity contribution < 1.29 is 9.47 Å². The van der Waals surface area contributed by atoms with Crippen LogP contribution in [-0.4, -0.2) is 59.4 Å². The second kappa shape index (κ2) is 10.3. The van der Waals surface area contributed by atoms with Crippen LogP contribution in [0.1, 0.15) is 11.3 Å². The molecule has 5 heterocycles. The molecule has 1 aromatic carbocycles. The molecule has 8 heteroatoms. The molecule has 0 bridgehead atoms. The van der Waals surface area contributed by atoms with Crippen molar-refractivity contribution in [3.8, 4) is 17.0 Å². The van der Waals surface area contributed by atoms with Crippen molar-refractivity contribution >= 4 is 17.5 Å². The average Bonchev–Trinajstić information content (AvgIpc) is 3.38. The zero-order valence-corrected chi connectivity index (χ0v) is 20.1. The Morgan fingerprint density at radius 1 is 0.889 bits per heavy atom. The number of hydrogen-bond donors (Lipinski definition) is 0. The van der Waals surface area contributed by atoms with Crippen molar-refractivity contribution in [2.75, 3.05) is 49.3 Å². The number of ether oxygens (including phenoxy) is 2. The fourth-order valence-corrected chi connectivity index (χ4v) is 4.72. The molecule has 1 fully saturated rings. The van der Waals surface area contributed by atoms with Crippen molar-refractivity contribution in [2.24, 2.45) is 0 Å². The van der Waals surface area contributed by atoms with Gasteiger partial charge in [0, 0.05) is 67.2 Å². The molecule has 4 aromatic rings. The van der Waals surface area contributed by atoms with Crippen LogP contribution in [0.15, 0.2) is 73.2 Å². The summed E-state index contributed by atoms with van der Waals surface area (Å²) in [5, 5.41) is 0. The Morgan fingerprint density at radius 2 is 1.78 bits per heavy atom. The molecular weight excluding hydrogens is 452 g/mol. The standard InChI is InChI=1S/C28H28N6O2/c1-2-11-30-22(5-1)10-17-36-24-6-3-4-21(20-24)26-25-9-14-34(23-7-12-29-13-8-23)27(25)32-28(31-26)33-15-18-35-19-16-33/h1-8,11-13,20H,9-10,14-19H2. The first-order valence-corrected chi connectivity index (χ1v) is 12.4. The van der Waals surface area contributed by atoms with Gasteiger partial charge in [0.05, 0.1) is 25.5 Å². The minimum absolute atomic E-state index is 0.567. The molecule has 6 rings (SSSR count). The average molecular weight is 481 g/mol. The van der Waals surface area contributed by atoms with Gasteiger partial charge in [0.15, 0.2) is 0 Å². The fourth-order valence-electron chi connectivity index (χ4n) is 4.72. The second-order valence-corrected chi connectivity index (χ2v) is 8.83. The number of morpholine rings is 1. The van der Waals surface area contributed by atoms with Crippen LogP contribution < -0.4 is 14.5 Å². The summed E-state index contributed by atoms with van der Waals surface area (Å²) in [5.41, 5.74) is 5.28. The third kappa shape index (κ3) is 4.72. The second-order valence-electron chi connectivity index (χ2n) is 8.83. The number of rotatable bonds is 7. The monoisotopic (exact) mass is 480 g/mol. The van der Waals surface area contributed by atoms with Gasteiger partial charge in [-0.15, -0.1) is 0 Å². The van der Waals surface area contributed by atoms with Crippen molar-refractivity contribution in [3.05, 3.63) is 84.4 Å². The maximum atomic E-state index is 6.10. The first-order valence-electron chi connectivity index (χ1n) is 12.4. The summed E-state index contributed by atoms with van der Waals surface area (Å²) in [4.78, 5) is 23.2. The van der Waals surface area contributed by atoms with E-state index in [0.29, 0.717) is 19.8 Å². The molecule has 1 saturated heterocycles. The summed E-state index contributed by atoms with van der Waals surface area (Å²) in [6.07, 6.45) is 7.10. The number of nitrogens with zero attached hydrogens (tertiary/aromatic N) is 6. The van der Waals surface area contributed by atoms with E-state index in [4.69, 9.17) is 19.4 Å². The molecule has 182 valence electrons. The Morgan fingerprint density at radius 3 is 2.61 bits per heavy atom. The smallest absolute Gasteiger partial charge is 0.228 e. The fraction of sp³-hybridized carbons (Fsp3) is 0.286. The van der Waals surface area contributed by atoms with E-state index in [1.807, 2.05) is 61.1 Å². The first-order chi connectivity index (χ1) is 17.8. The van der Waals surface area contributed by atoms with E-state index >= 15 is 0 Å². The molecule has 0 N–H and O–H groups in total. The normalized spacial score (nSPS) is 15.1. The highest BCUT2D eigenvalue weighted by atomic mass is 16.5. The van der Waals surface area contributed by atoms with Crippen LogP contribution in [0.4, 0.5) is 17.5 Å². The Bertz CT molecular complexity index is 1310. The van der Waals surface area contributed by atoms with Crippen LogP contribution >= 0.6 is 0 Å². The van der Waals surface area contributed by atoms with E-state index in [1.165, 1.54) is 0 Å². The molecule has 0 aliphatic carbocycles. The van der Waals surface area contributed by atoms with Gasteiger partial charge in [-0.2, -0.15) is 4.98 Å². The van der Waals surface area contributed by atoms with Gasteiger partial charge in [0.2, 0.25) is 5.95 Å². The van der Waals surface area contributed by atoms with E-state index in [2.05, 4.69) is 31.9 Å². The highest BCUT2D eigenvalue weighted by Crippen LogP contribution is 2.39. The number of aromatic nitrogens is 4. The number of anilines is 3. The van der Waals surface area contributed by atoms with E-state index < -0.39 is 0 Å². The predicted octanol–water partition coefficient (Wildman–Crippen LogP) is 4.09. The molecule has 36 heavy (non-hydrogen) atoms. The molecule has 0 spiro atoms. The van der Waals surface area contributed by atoms with Crippen LogP contribution in [0.2, 0.25) is 0 Å². The Hall–Kier alpha value is -4.04. The lowest BCUT2D eigenvalue weighted by molar-refractivity contribution is 0.122. The quantitative estimate of drug-likeness (QED) is 0.392. The summed E-state index contributed by atoms with van der Waals surface area (Å²) >= 11 is 0. The maximum Gasteiger partial charge on any atom is 0.228 e. The maximum absolute atomic E-state index is 6.10. The van der Waals surface area contributed by atoms with E-state index in [0.717, 1.165) is 78.2 Å². The van der Waals surface area contributed by atoms with E-state index in [-0.39, 0.29) is 0 Å². The molecular formula is C28H28N6O2. The summed E-state index contributed by atoms with van der Waals surface area (Å²) in [5.74, 6) is 2.54. The third-order valence-electron chi connectivity index (χ3n) is 6.54. The van der Waals surface area contributed by atoms with Gasteiger partial charge in [0.25, 0.3) is 0 Å². The van der Waals surface area contributed by atoms with Gasteiger partial charge >= 0.3 is 0 Å². The highest BCUT2D eigenvalue weighted by Gasteiger charge is 2.29. The van der Waals surface area contributed by atoms with Crippen molar-refractivity contribution in [2.45, 2.75) is 12.8 Å². The van der Waals surface area contributed by atoms with Crippen LogP contribution in [0.3, 0.4) is 0 Å². The lowest BCUT2D eigenvalue weighted by Gasteiger charge is -2.28. The lowest BCUT2D eigenvalue weighted by Crippen LogP contribution is -2.37. The molecule has 2 aliphatic heterocycles. The number of pyridine rings is 2. The molecule has 3 aromatic heterocycles. The predicted molar refractivity (Wildman–Crippen MR) is 139 cm³/mol. The molecule has 0 atom stereocenters. The Kier molecular flexibility index (Phi) is 6.41.